The van der Waals surface area contributed by atoms with Crippen molar-refractivity contribution < 1.29 is 14.7 Å². The monoisotopic (exact) mass is 496 g/mol. The third kappa shape index (κ3) is 7.87. The van der Waals surface area contributed by atoms with Crippen LogP contribution >= 0.6 is 0 Å². The standard InChI is InChI=1S/C30H32N4O3/c35-28(36)18-7-6-17-27(24-13-9-19-31-21-24)23-12-8-16-26(20-23)33-30(32-25-14-4-5-15-25)34-29(37)22-10-2-1-3-11-22/h1-3,8-13,16-17,19-21,25H,4-7,14-15,18H2,(H,35,36)(H2,32,33,34,37)/b27-17+. The molecule has 0 atom stereocenters. The second-order valence-corrected chi connectivity index (χ2v) is 9.11. The number of benzene rings is 2. The van der Waals surface area contributed by atoms with E-state index in [2.05, 4.69) is 26.7 Å². The number of carbonyl (C=O) groups is 2. The molecule has 3 N–H and O–H groups in total. The molecule has 1 fully saturated rings. The number of guanidine groups is 1. The number of amides is 1. The van der Waals surface area contributed by atoms with Gasteiger partial charge in [-0.1, -0.05) is 55.3 Å². The number of rotatable bonds is 9. The number of allylic oxidation sites excluding steroid dienone is 1. The normalized spacial score (nSPS) is 14.4. The van der Waals surface area contributed by atoms with Crippen LogP contribution in [0.4, 0.5) is 5.69 Å². The lowest BCUT2D eigenvalue weighted by atomic mass is 9.97. The summed E-state index contributed by atoms with van der Waals surface area (Å²) in [4.78, 5) is 32.4. The highest BCUT2D eigenvalue weighted by molar-refractivity contribution is 6.07. The average Bonchev–Trinajstić information content (AvgIpc) is 3.43. The molecule has 0 unspecified atom stereocenters. The van der Waals surface area contributed by atoms with Crippen LogP contribution in [-0.4, -0.2) is 34.0 Å². The molecule has 7 nitrogen and oxygen atoms in total. The highest BCUT2D eigenvalue weighted by Gasteiger charge is 2.18. The van der Waals surface area contributed by atoms with Crippen LogP contribution in [0.1, 0.15) is 66.4 Å². The lowest BCUT2D eigenvalue weighted by Gasteiger charge is -2.18. The Labute approximate surface area is 217 Å². The van der Waals surface area contributed by atoms with Gasteiger partial charge in [0.05, 0.1) is 0 Å². The van der Waals surface area contributed by atoms with E-state index in [9.17, 15) is 9.59 Å². The first kappa shape index (κ1) is 25.8. The maximum Gasteiger partial charge on any atom is 0.303 e. The third-order valence-corrected chi connectivity index (χ3v) is 6.28. The smallest absolute Gasteiger partial charge is 0.303 e. The number of nitrogens with zero attached hydrogens (tertiary/aromatic N) is 2. The van der Waals surface area contributed by atoms with E-state index in [-0.39, 0.29) is 18.4 Å². The largest absolute Gasteiger partial charge is 0.481 e. The average molecular weight is 497 g/mol. The summed E-state index contributed by atoms with van der Waals surface area (Å²) in [5, 5.41) is 15.8. The summed E-state index contributed by atoms with van der Waals surface area (Å²) in [5.41, 5.74) is 4.22. The van der Waals surface area contributed by atoms with Gasteiger partial charge in [0.25, 0.3) is 5.91 Å². The second kappa shape index (κ2) is 13.2. The molecule has 0 bridgehead atoms. The summed E-state index contributed by atoms with van der Waals surface area (Å²) in [5.74, 6) is -0.667. The van der Waals surface area contributed by atoms with E-state index < -0.39 is 5.97 Å². The number of carboxylic acids is 1. The van der Waals surface area contributed by atoms with Crippen LogP contribution in [0, 0.1) is 0 Å². The molecule has 2 aromatic carbocycles. The molecule has 1 amide bonds. The number of hydrogen-bond acceptors (Lipinski definition) is 3. The number of hydrogen-bond donors (Lipinski definition) is 3. The van der Waals surface area contributed by atoms with Gasteiger partial charge in [0.1, 0.15) is 0 Å². The number of pyridine rings is 1. The first-order chi connectivity index (χ1) is 18.1. The number of aromatic nitrogens is 1. The van der Waals surface area contributed by atoms with Crippen molar-refractivity contribution in [3.8, 4) is 0 Å². The minimum atomic E-state index is -0.797. The third-order valence-electron chi connectivity index (χ3n) is 6.28. The van der Waals surface area contributed by atoms with Crippen LogP contribution in [0.3, 0.4) is 0 Å². The number of carbonyl (C=O) groups excluding carboxylic acids is 1. The molecule has 4 rings (SSSR count). The first-order valence-corrected chi connectivity index (χ1v) is 12.7. The summed E-state index contributed by atoms with van der Waals surface area (Å²) in [6.45, 7) is 0. The molecule has 1 aliphatic carbocycles. The van der Waals surface area contributed by atoms with Gasteiger partial charge in [0, 0.05) is 41.7 Å². The molecular weight excluding hydrogens is 464 g/mol. The molecule has 190 valence electrons. The molecule has 1 aromatic heterocycles. The number of unbranched alkanes of at least 4 members (excludes halogenated alkanes) is 1. The fourth-order valence-corrected chi connectivity index (χ4v) is 4.43. The van der Waals surface area contributed by atoms with Gasteiger partial charge in [-0.05, 0) is 67.2 Å². The summed E-state index contributed by atoms with van der Waals surface area (Å²) in [6, 6.07) is 21.1. The molecule has 0 radical (unpaired) electrons. The number of nitrogens with one attached hydrogen (secondary N) is 2. The maximum absolute atomic E-state index is 12.8. The Morgan fingerprint density at radius 1 is 0.973 bits per heavy atom. The van der Waals surface area contributed by atoms with Gasteiger partial charge < -0.3 is 15.7 Å². The molecule has 0 spiro atoms. The summed E-state index contributed by atoms with van der Waals surface area (Å²) >= 11 is 0. The molecular formula is C30H32N4O3. The first-order valence-electron chi connectivity index (χ1n) is 12.7. The minimum absolute atomic E-state index is 0.126. The molecule has 1 heterocycles. The predicted octanol–water partition coefficient (Wildman–Crippen LogP) is 5.91. The number of anilines is 1. The molecule has 0 aliphatic heterocycles. The lowest BCUT2D eigenvalue weighted by Crippen LogP contribution is -2.38. The van der Waals surface area contributed by atoms with Gasteiger partial charge in [0.2, 0.25) is 5.96 Å². The zero-order valence-electron chi connectivity index (χ0n) is 20.8. The molecule has 37 heavy (non-hydrogen) atoms. The van der Waals surface area contributed by atoms with Crippen LogP contribution in [0.15, 0.2) is 90.2 Å². The second-order valence-electron chi connectivity index (χ2n) is 9.11. The van der Waals surface area contributed by atoms with Gasteiger partial charge in [-0.2, -0.15) is 4.99 Å². The predicted molar refractivity (Wildman–Crippen MR) is 146 cm³/mol. The summed E-state index contributed by atoms with van der Waals surface area (Å²) in [6.07, 6.45) is 11.3. The summed E-state index contributed by atoms with van der Waals surface area (Å²) < 4.78 is 0. The van der Waals surface area contributed by atoms with Crippen LogP contribution in [0.25, 0.3) is 5.57 Å². The van der Waals surface area contributed by atoms with Crippen LogP contribution in [0.2, 0.25) is 0 Å². The quantitative estimate of drug-likeness (QED) is 0.193. The highest BCUT2D eigenvalue weighted by atomic mass is 16.4. The van der Waals surface area contributed by atoms with Crippen molar-refractivity contribution in [1.82, 2.24) is 10.3 Å². The molecule has 1 saturated carbocycles. The Kier molecular flexibility index (Phi) is 9.18. The van der Waals surface area contributed by atoms with E-state index in [1.807, 2.05) is 54.6 Å². The molecule has 7 heteroatoms. The van der Waals surface area contributed by atoms with Crippen LogP contribution in [-0.2, 0) is 4.79 Å². The number of aliphatic carboxylic acids is 1. The van der Waals surface area contributed by atoms with Crippen molar-refractivity contribution in [2.24, 2.45) is 4.99 Å². The lowest BCUT2D eigenvalue weighted by molar-refractivity contribution is -0.137. The van der Waals surface area contributed by atoms with Crippen LogP contribution < -0.4 is 10.6 Å². The Bertz CT molecular complexity index is 1250. The Morgan fingerprint density at radius 2 is 1.73 bits per heavy atom. The van der Waals surface area contributed by atoms with Gasteiger partial charge >= 0.3 is 5.97 Å². The van der Waals surface area contributed by atoms with E-state index in [0.29, 0.717) is 24.4 Å². The topological polar surface area (TPSA) is 104 Å². The van der Waals surface area contributed by atoms with Crippen molar-refractivity contribution in [1.29, 1.82) is 0 Å². The fourth-order valence-electron chi connectivity index (χ4n) is 4.43. The van der Waals surface area contributed by atoms with Crippen molar-refractivity contribution in [3.05, 3.63) is 102 Å². The van der Waals surface area contributed by atoms with Gasteiger partial charge in [-0.15, -0.1) is 0 Å². The van der Waals surface area contributed by atoms with Crippen molar-refractivity contribution in [3.63, 3.8) is 0 Å². The summed E-state index contributed by atoms with van der Waals surface area (Å²) in [7, 11) is 0. The molecule has 1 aliphatic rings. The minimum Gasteiger partial charge on any atom is -0.481 e. The molecule has 0 saturated heterocycles. The van der Waals surface area contributed by atoms with Gasteiger partial charge in [0.15, 0.2) is 0 Å². The maximum atomic E-state index is 12.8. The van der Waals surface area contributed by atoms with Crippen molar-refractivity contribution in [2.75, 3.05) is 5.32 Å². The van der Waals surface area contributed by atoms with Gasteiger partial charge in [-0.25, -0.2) is 0 Å². The Balaban J connectivity index is 1.60. The Hall–Kier alpha value is -4.26. The van der Waals surface area contributed by atoms with E-state index >= 15 is 0 Å². The van der Waals surface area contributed by atoms with E-state index in [0.717, 1.165) is 48.1 Å². The SMILES string of the molecule is O=C(O)CCC/C=C(/c1cccnc1)c1cccc(N/C(=N\C(=O)c2ccccc2)NC2CCCC2)c1. The van der Waals surface area contributed by atoms with E-state index in [1.165, 1.54) is 0 Å². The van der Waals surface area contributed by atoms with Gasteiger partial charge in [-0.3, -0.25) is 14.6 Å². The Morgan fingerprint density at radius 3 is 2.46 bits per heavy atom. The van der Waals surface area contributed by atoms with E-state index in [1.54, 1.807) is 24.5 Å². The van der Waals surface area contributed by atoms with Crippen molar-refractivity contribution >= 4 is 29.1 Å². The van der Waals surface area contributed by atoms with E-state index in [4.69, 9.17) is 5.11 Å². The zero-order chi connectivity index (χ0) is 25.9. The number of carboxylic acid groups (broad SMARTS) is 1. The fraction of sp³-hybridized carbons (Fsp3) is 0.267. The highest BCUT2D eigenvalue weighted by Crippen LogP contribution is 2.26. The van der Waals surface area contributed by atoms with Crippen molar-refractivity contribution in [2.45, 2.75) is 51.0 Å². The molecule has 3 aromatic rings. The van der Waals surface area contributed by atoms with Crippen LogP contribution in [0.5, 0.6) is 0 Å². The zero-order valence-corrected chi connectivity index (χ0v) is 20.8. The number of aliphatic imine (C=N–C) groups is 1.